The lowest BCUT2D eigenvalue weighted by molar-refractivity contribution is -0.136. The van der Waals surface area contributed by atoms with Crippen LogP contribution in [0.1, 0.15) is 48.9 Å². The molecule has 1 aromatic rings. The molecule has 1 aromatic carbocycles. The highest BCUT2D eigenvalue weighted by atomic mass is 32.2. The summed E-state index contributed by atoms with van der Waals surface area (Å²) in [6.45, 7) is 7.61. The van der Waals surface area contributed by atoms with Crippen molar-refractivity contribution in [1.82, 2.24) is 9.80 Å². The van der Waals surface area contributed by atoms with Crippen LogP contribution in [0.3, 0.4) is 0 Å². The third kappa shape index (κ3) is 3.67. The van der Waals surface area contributed by atoms with Gasteiger partial charge in [-0.2, -0.15) is 0 Å². The number of likely N-dealkylation sites (tertiary alicyclic amines) is 1. The van der Waals surface area contributed by atoms with E-state index in [9.17, 15) is 9.59 Å². The summed E-state index contributed by atoms with van der Waals surface area (Å²) in [6.07, 6.45) is 2.44. The Morgan fingerprint density at radius 3 is 2.60 bits per heavy atom. The van der Waals surface area contributed by atoms with Gasteiger partial charge < -0.3 is 14.5 Å². The maximum Gasteiger partial charge on any atom is 0.338 e. The number of allylic oxidation sites excluding steroid dienone is 1. The Morgan fingerprint density at radius 2 is 1.93 bits per heavy atom. The fourth-order valence-corrected chi connectivity index (χ4v) is 5.36. The van der Waals surface area contributed by atoms with Gasteiger partial charge in [0.25, 0.3) is 0 Å². The molecular formula is C23H27N3O3S. The quantitative estimate of drug-likeness (QED) is 0.681. The lowest BCUT2D eigenvalue weighted by Gasteiger charge is -2.37. The fraction of sp³-hybridized carbons (Fsp3) is 0.435. The zero-order valence-corrected chi connectivity index (χ0v) is 18.7. The zero-order valence-electron chi connectivity index (χ0n) is 17.9. The maximum absolute atomic E-state index is 12.9. The topological polar surface area (TPSA) is 62.2 Å². The van der Waals surface area contributed by atoms with E-state index in [0.717, 1.165) is 53.5 Å². The molecule has 1 atom stereocenters. The van der Waals surface area contributed by atoms with Crippen molar-refractivity contribution in [3.8, 4) is 0 Å². The number of aryl methyl sites for hydroxylation is 2. The predicted molar refractivity (Wildman–Crippen MR) is 119 cm³/mol. The molecule has 7 heteroatoms. The van der Waals surface area contributed by atoms with Gasteiger partial charge in [0.1, 0.15) is 0 Å². The van der Waals surface area contributed by atoms with Crippen LogP contribution in [0, 0.1) is 13.8 Å². The van der Waals surface area contributed by atoms with Crippen LogP contribution in [0.25, 0.3) is 0 Å². The van der Waals surface area contributed by atoms with E-state index in [1.807, 2.05) is 17.2 Å². The highest BCUT2D eigenvalue weighted by Crippen LogP contribution is 2.45. The van der Waals surface area contributed by atoms with E-state index in [-0.39, 0.29) is 17.9 Å². The first-order valence-electron chi connectivity index (χ1n) is 10.3. The number of fused-ring (bicyclic) bond motifs is 1. The SMILES string of the molecule is COC(=O)C1=C(C)N=C2SC=C(CC(=O)N3CCCC3)N2[C@H]1c1ccc(C)cc1C. The van der Waals surface area contributed by atoms with Crippen molar-refractivity contribution in [2.75, 3.05) is 20.2 Å². The average molecular weight is 426 g/mol. The molecule has 0 aromatic heterocycles. The minimum absolute atomic E-state index is 0.130. The Bertz CT molecular complexity index is 989. The third-order valence-corrected chi connectivity index (χ3v) is 6.81. The van der Waals surface area contributed by atoms with Crippen LogP contribution in [0.5, 0.6) is 0 Å². The second kappa shape index (κ2) is 8.30. The molecule has 30 heavy (non-hydrogen) atoms. The van der Waals surface area contributed by atoms with Gasteiger partial charge in [-0.05, 0) is 50.1 Å². The van der Waals surface area contributed by atoms with E-state index in [1.165, 1.54) is 18.9 Å². The second-order valence-electron chi connectivity index (χ2n) is 8.01. The van der Waals surface area contributed by atoms with Crippen molar-refractivity contribution in [3.63, 3.8) is 0 Å². The van der Waals surface area contributed by atoms with E-state index < -0.39 is 0 Å². The molecule has 4 rings (SSSR count). The van der Waals surface area contributed by atoms with Crippen molar-refractivity contribution < 1.29 is 14.3 Å². The summed E-state index contributed by atoms with van der Waals surface area (Å²) in [5.41, 5.74) is 5.35. The molecule has 3 heterocycles. The molecule has 0 saturated carbocycles. The number of carbonyl (C=O) groups excluding carboxylic acids is 2. The van der Waals surface area contributed by atoms with Crippen molar-refractivity contribution in [2.24, 2.45) is 4.99 Å². The Labute approximate surface area is 181 Å². The summed E-state index contributed by atoms with van der Waals surface area (Å²) in [5, 5.41) is 2.80. The number of hydrogen-bond donors (Lipinski definition) is 0. The number of benzene rings is 1. The summed E-state index contributed by atoms with van der Waals surface area (Å²) in [7, 11) is 1.40. The van der Waals surface area contributed by atoms with Crippen molar-refractivity contribution >= 4 is 28.8 Å². The number of amides is 1. The Hall–Kier alpha value is -2.54. The first-order chi connectivity index (χ1) is 14.4. The number of thioether (sulfide) groups is 1. The van der Waals surface area contributed by atoms with Crippen LogP contribution in [0.2, 0.25) is 0 Å². The minimum Gasteiger partial charge on any atom is -0.466 e. The number of rotatable bonds is 4. The largest absolute Gasteiger partial charge is 0.466 e. The van der Waals surface area contributed by atoms with Gasteiger partial charge in [-0.3, -0.25) is 4.79 Å². The highest BCUT2D eigenvalue weighted by molar-refractivity contribution is 8.16. The second-order valence-corrected chi connectivity index (χ2v) is 8.85. The number of aliphatic imine (C=N–C) groups is 1. The number of nitrogens with zero attached hydrogens (tertiary/aromatic N) is 3. The zero-order chi connectivity index (χ0) is 21.4. The van der Waals surface area contributed by atoms with Crippen LogP contribution < -0.4 is 0 Å². The van der Waals surface area contributed by atoms with Crippen molar-refractivity contribution in [2.45, 2.75) is 46.1 Å². The molecular weight excluding hydrogens is 398 g/mol. The first kappa shape index (κ1) is 20.7. The van der Waals surface area contributed by atoms with Crippen LogP contribution >= 0.6 is 11.8 Å². The highest BCUT2D eigenvalue weighted by Gasteiger charge is 2.41. The molecule has 6 nitrogen and oxygen atoms in total. The van der Waals surface area contributed by atoms with Gasteiger partial charge in [0.05, 0.1) is 30.8 Å². The van der Waals surface area contributed by atoms with Gasteiger partial charge in [0.2, 0.25) is 5.91 Å². The number of carbonyl (C=O) groups is 2. The molecule has 3 aliphatic heterocycles. The maximum atomic E-state index is 12.9. The van der Waals surface area contributed by atoms with Gasteiger partial charge >= 0.3 is 5.97 Å². The van der Waals surface area contributed by atoms with Crippen LogP contribution in [0.15, 0.2) is 45.6 Å². The molecule has 0 bridgehead atoms. The molecule has 158 valence electrons. The monoisotopic (exact) mass is 425 g/mol. The van der Waals surface area contributed by atoms with E-state index >= 15 is 0 Å². The van der Waals surface area contributed by atoms with Gasteiger partial charge in [0, 0.05) is 18.8 Å². The van der Waals surface area contributed by atoms with Crippen LogP contribution in [0.4, 0.5) is 0 Å². The number of methoxy groups -OCH3 is 1. The molecule has 0 aliphatic carbocycles. The summed E-state index contributed by atoms with van der Waals surface area (Å²) < 4.78 is 5.13. The predicted octanol–water partition coefficient (Wildman–Crippen LogP) is 4.06. The molecule has 1 fully saturated rings. The molecule has 1 amide bonds. The van der Waals surface area contributed by atoms with Crippen LogP contribution in [-0.2, 0) is 14.3 Å². The van der Waals surface area contributed by atoms with E-state index in [2.05, 4.69) is 41.9 Å². The lowest BCUT2D eigenvalue weighted by atomic mass is 9.90. The number of ether oxygens (including phenoxy) is 1. The number of esters is 1. The Balaban J connectivity index is 1.75. The summed E-state index contributed by atoms with van der Waals surface area (Å²) in [5.74, 6) is -0.256. The van der Waals surface area contributed by atoms with Crippen LogP contribution in [-0.4, -0.2) is 47.0 Å². The minimum atomic E-state index is -0.387. The third-order valence-electron chi connectivity index (χ3n) is 5.92. The smallest absolute Gasteiger partial charge is 0.338 e. The lowest BCUT2D eigenvalue weighted by Crippen LogP contribution is -2.38. The molecule has 1 saturated heterocycles. The number of hydrogen-bond acceptors (Lipinski definition) is 6. The van der Waals surface area contributed by atoms with E-state index in [0.29, 0.717) is 17.7 Å². The van der Waals surface area contributed by atoms with Gasteiger partial charge in [-0.1, -0.05) is 35.5 Å². The summed E-state index contributed by atoms with van der Waals surface area (Å²) in [4.78, 5) is 34.3. The molecule has 0 radical (unpaired) electrons. The van der Waals surface area contributed by atoms with Crippen molar-refractivity contribution in [3.05, 3.63) is 57.3 Å². The number of amidine groups is 1. The molecule has 0 N–H and O–H groups in total. The average Bonchev–Trinajstić information content (AvgIpc) is 3.37. The molecule has 0 spiro atoms. The van der Waals surface area contributed by atoms with Gasteiger partial charge in [-0.15, -0.1) is 0 Å². The first-order valence-corrected chi connectivity index (χ1v) is 11.2. The summed E-state index contributed by atoms with van der Waals surface area (Å²) in [6, 6.07) is 5.88. The van der Waals surface area contributed by atoms with Gasteiger partial charge in [0.15, 0.2) is 5.17 Å². The summed E-state index contributed by atoms with van der Waals surface area (Å²) >= 11 is 1.51. The van der Waals surface area contributed by atoms with Gasteiger partial charge in [-0.25, -0.2) is 9.79 Å². The van der Waals surface area contributed by atoms with E-state index in [4.69, 9.17) is 4.74 Å². The van der Waals surface area contributed by atoms with E-state index in [1.54, 1.807) is 0 Å². The molecule has 0 unspecified atom stereocenters. The Morgan fingerprint density at radius 1 is 1.20 bits per heavy atom. The fourth-order valence-electron chi connectivity index (χ4n) is 4.40. The normalized spacial score (nSPS) is 20.9. The molecule has 3 aliphatic rings. The standard InChI is InChI=1S/C23H27N3O3S/c1-14-7-8-18(15(2)11-14)21-20(22(28)29-4)16(3)24-23-26(21)17(13-30-23)12-19(27)25-9-5-6-10-25/h7-8,11,13,21H,5-6,9-10,12H2,1-4H3/t21-/m0/s1. The van der Waals surface area contributed by atoms with Crippen molar-refractivity contribution in [1.29, 1.82) is 0 Å². The Kier molecular flexibility index (Phi) is 5.73.